The molecule has 0 saturated carbocycles. The number of nitrogens with one attached hydrogen (secondary N) is 1. The second-order valence-corrected chi connectivity index (χ2v) is 6.14. The number of halogens is 2. The van der Waals surface area contributed by atoms with E-state index in [0.29, 0.717) is 5.75 Å². The van der Waals surface area contributed by atoms with Crippen molar-refractivity contribution in [1.29, 1.82) is 0 Å². The van der Waals surface area contributed by atoms with E-state index in [1.54, 1.807) is 6.07 Å². The van der Waals surface area contributed by atoms with Crippen molar-refractivity contribution in [2.24, 2.45) is 0 Å². The molecule has 0 aromatic heterocycles. The summed E-state index contributed by atoms with van der Waals surface area (Å²) in [5, 5.41) is 2.53. The molecule has 0 unspecified atom stereocenters. The van der Waals surface area contributed by atoms with E-state index in [4.69, 9.17) is 21.1 Å². The molecule has 0 aliphatic heterocycles. The lowest BCUT2D eigenvalue weighted by Gasteiger charge is -2.15. The Morgan fingerprint density at radius 2 is 1.96 bits per heavy atom. The third-order valence-corrected chi connectivity index (χ3v) is 4.08. The number of ether oxygens (including phenoxy) is 2. The van der Waals surface area contributed by atoms with Crippen LogP contribution in [0.1, 0.15) is 18.1 Å². The largest absolute Gasteiger partial charge is 0.482 e. The summed E-state index contributed by atoms with van der Waals surface area (Å²) in [6.07, 6.45) is -1.06. The number of rotatable bonds is 6. The molecule has 138 valence electrons. The van der Waals surface area contributed by atoms with Gasteiger partial charge >= 0.3 is 5.97 Å². The summed E-state index contributed by atoms with van der Waals surface area (Å²) in [5.74, 6) is -1.20. The minimum atomic E-state index is -1.06. The van der Waals surface area contributed by atoms with E-state index in [0.717, 1.165) is 23.3 Å². The fourth-order valence-corrected chi connectivity index (χ4v) is 2.34. The SMILES string of the molecule is Cc1cccc(OCC(=O)O[C@@H](C)C(=O)Nc2ccc(F)cc2Cl)c1C. The summed E-state index contributed by atoms with van der Waals surface area (Å²) < 4.78 is 23.5. The predicted molar refractivity (Wildman–Crippen MR) is 97.0 cm³/mol. The van der Waals surface area contributed by atoms with Crippen LogP contribution in [-0.4, -0.2) is 24.6 Å². The predicted octanol–water partition coefficient (Wildman–Crippen LogP) is 4.05. The lowest BCUT2D eigenvalue weighted by Crippen LogP contribution is -2.31. The third-order valence-electron chi connectivity index (χ3n) is 3.77. The molecule has 1 atom stereocenters. The average molecular weight is 380 g/mol. The van der Waals surface area contributed by atoms with Crippen LogP contribution in [0.4, 0.5) is 10.1 Å². The normalized spacial score (nSPS) is 11.6. The number of anilines is 1. The first-order valence-electron chi connectivity index (χ1n) is 7.92. The highest BCUT2D eigenvalue weighted by Crippen LogP contribution is 2.23. The van der Waals surface area contributed by atoms with Crippen molar-refractivity contribution < 1.29 is 23.5 Å². The van der Waals surface area contributed by atoms with Gasteiger partial charge in [0.25, 0.3) is 5.91 Å². The fraction of sp³-hybridized carbons (Fsp3) is 0.263. The average Bonchev–Trinajstić information content (AvgIpc) is 2.58. The number of carbonyl (C=O) groups is 2. The van der Waals surface area contributed by atoms with E-state index in [-0.39, 0.29) is 17.3 Å². The first-order chi connectivity index (χ1) is 12.3. The standard InChI is InChI=1S/C19H19ClFNO4/c1-11-5-4-6-17(12(11)2)25-10-18(23)26-13(3)19(24)22-16-8-7-14(21)9-15(16)20/h4-9,13H,10H2,1-3H3,(H,22,24)/t13-/m0/s1. The lowest BCUT2D eigenvalue weighted by atomic mass is 10.1. The second-order valence-electron chi connectivity index (χ2n) is 5.73. The molecule has 0 spiro atoms. The fourth-order valence-electron chi connectivity index (χ4n) is 2.13. The Morgan fingerprint density at radius 1 is 1.23 bits per heavy atom. The van der Waals surface area contributed by atoms with Gasteiger partial charge in [0.2, 0.25) is 0 Å². The Balaban J connectivity index is 1.87. The maximum atomic E-state index is 13.0. The third kappa shape index (κ3) is 5.20. The van der Waals surface area contributed by atoms with Crippen molar-refractivity contribution in [2.45, 2.75) is 26.9 Å². The Morgan fingerprint density at radius 3 is 2.65 bits per heavy atom. The topological polar surface area (TPSA) is 64.6 Å². The molecule has 5 nitrogen and oxygen atoms in total. The first kappa shape index (κ1) is 19.7. The number of benzene rings is 2. The van der Waals surface area contributed by atoms with Crippen LogP contribution in [-0.2, 0) is 14.3 Å². The van der Waals surface area contributed by atoms with Gasteiger partial charge in [-0.05, 0) is 56.2 Å². The molecule has 7 heteroatoms. The molecule has 2 aromatic rings. The Kier molecular flexibility index (Phi) is 6.58. The highest BCUT2D eigenvalue weighted by Gasteiger charge is 2.19. The number of hydrogen-bond acceptors (Lipinski definition) is 4. The van der Waals surface area contributed by atoms with Crippen molar-refractivity contribution in [3.8, 4) is 5.75 Å². The zero-order valence-corrected chi connectivity index (χ0v) is 15.4. The Labute approximate surface area is 156 Å². The summed E-state index contributed by atoms with van der Waals surface area (Å²) in [5.41, 5.74) is 2.20. The van der Waals surface area contributed by atoms with Gasteiger partial charge in [0.15, 0.2) is 12.7 Å². The van der Waals surface area contributed by atoms with Crippen LogP contribution in [0.25, 0.3) is 0 Å². The smallest absolute Gasteiger partial charge is 0.344 e. The maximum Gasteiger partial charge on any atom is 0.344 e. The molecule has 26 heavy (non-hydrogen) atoms. The van der Waals surface area contributed by atoms with Crippen molar-refractivity contribution >= 4 is 29.2 Å². The minimum Gasteiger partial charge on any atom is -0.482 e. The molecule has 0 saturated heterocycles. The summed E-state index contributed by atoms with van der Waals surface area (Å²) in [6.45, 7) is 4.92. The summed E-state index contributed by atoms with van der Waals surface area (Å²) >= 11 is 5.85. The molecule has 0 aliphatic carbocycles. The van der Waals surface area contributed by atoms with Crippen molar-refractivity contribution in [2.75, 3.05) is 11.9 Å². The number of amides is 1. The number of carbonyl (C=O) groups excluding carboxylic acids is 2. The molecule has 1 N–H and O–H groups in total. The molecule has 2 rings (SSSR count). The number of aryl methyl sites for hydroxylation is 1. The van der Waals surface area contributed by atoms with Gasteiger partial charge in [-0.3, -0.25) is 4.79 Å². The van der Waals surface area contributed by atoms with Crippen LogP contribution < -0.4 is 10.1 Å². The molecular formula is C19H19ClFNO4. The molecule has 1 amide bonds. The summed E-state index contributed by atoms with van der Waals surface area (Å²) in [6, 6.07) is 9.08. The Hall–Kier alpha value is -2.60. The van der Waals surface area contributed by atoms with E-state index in [2.05, 4.69) is 5.32 Å². The Bertz CT molecular complexity index is 825. The summed E-state index contributed by atoms with van der Waals surface area (Å²) in [4.78, 5) is 24.0. The number of hydrogen-bond donors (Lipinski definition) is 1. The van der Waals surface area contributed by atoms with Crippen LogP contribution >= 0.6 is 11.6 Å². The summed E-state index contributed by atoms with van der Waals surface area (Å²) in [7, 11) is 0. The highest BCUT2D eigenvalue weighted by atomic mass is 35.5. The van der Waals surface area contributed by atoms with Crippen LogP contribution in [0.2, 0.25) is 5.02 Å². The van der Waals surface area contributed by atoms with Gasteiger partial charge in [-0.25, -0.2) is 9.18 Å². The van der Waals surface area contributed by atoms with Crippen LogP contribution in [0.15, 0.2) is 36.4 Å². The van der Waals surface area contributed by atoms with Gasteiger partial charge in [-0.1, -0.05) is 23.7 Å². The van der Waals surface area contributed by atoms with Gasteiger partial charge < -0.3 is 14.8 Å². The van der Waals surface area contributed by atoms with Gasteiger partial charge in [0.1, 0.15) is 11.6 Å². The van der Waals surface area contributed by atoms with Crippen LogP contribution in [0.3, 0.4) is 0 Å². The van der Waals surface area contributed by atoms with E-state index in [9.17, 15) is 14.0 Å². The quantitative estimate of drug-likeness (QED) is 0.769. The molecule has 0 bridgehead atoms. The lowest BCUT2D eigenvalue weighted by molar-refractivity contribution is -0.155. The minimum absolute atomic E-state index is 0.0510. The van der Waals surface area contributed by atoms with Gasteiger partial charge in [-0.15, -0.1) is 0 Å². The van der Waals surface area contributed by atoms with E-state index in [1.807, 2.05) is 26.0 Å². The van der Waals surface area contributed by atoms with Crippen molar-refractivity contribution in [3.05, 3.63) is 58.4 Å². The van der Waals surface area contributed by atoms with Gasteiger partial charge in [0.05, 0.1) is 10.7 Å². The monoisotopic (exact) mass is 379 g/mol. The van der Waals surface area contributed by atoms with E-state index in [1.165, 1.54) is 13.0 Å². The van der Waals surface area contributed by atoms with Gasteiger partial charge in [-0.2, -0.15) is 0 Å². The zero-order chi connectivity index (χ0) is 19.3. The molecule has 0 radical (unpaired) electrons. The van der Waals surface area contributed by atoms with Gasteiger partial charge in [0, 0.05) is 0 Å². The van der Waals surface area contributed by atoms with Crippen molar-refractivity contribution in [3.63, 3.8) is 0 Å². The zero-order valence-electron chi connectivity index (χ0n) is 14.6. The second kappa shape index (κ2) is 8.67. The highest BCUT2D eigenvalue weighted by molar-refractivity contribution is 6.33. The molecular weight excluding hydrogens is 361 g/mol. The van der Waals surface area contributed by atoms with E-state index >= 15 is 0 Å². The first-order valence-corrected chi connectivity index (χ1v) is 8.30. The molecule has 0 aliphatic rings. The number of esters is 1. The van der Waals surface area contributed by atoms with E-state index < -0.39 is 23.8 Å². The molecule has 0 heterocycles. The maximum absolute atomic E-state index is 13.0. The molecule has 0 fully saturated rings. The molecule has 2 aromatic carbocycles. The van der Waals surface area contributed by atoms with Crippen LogP contribution in [0, 0.1) is 19.7 Å². The van der Waals surface area contributed by atoms with Crippen molar-refractivity contribution in [1.82, 2.24) is 0 Å². The van der Waals surface area contributed by atoms with Crippen LogP contribution in [0.5, 0.6) is 5.75 Å².